The number of rotatable bonds is 4. The molecule has 0 bridgehead atoms. The van der Waals surface area contributed by atoms with E-state index in [1.807, 2.05) is 18.7 Å². The van der Waals surface area contributed by atoms with Crippen LogP contribution in [0.5, 0.6) is 0 Å². The maximum atomic E-state index is 12.7. The number of amides is 1. The summed E-state index contributed by atoms with van der Waals surface area (Å²) < 4.78 is 5.14. The number of piperidine rings is 1. The number of carbonyl (C=O) groups excluding carboxylic acids is 2. The van der Waals surface area contributed by atoms with Crippen LogP contribution < -0.4 is 0 Å². The van der Waals surface area contributed by atoms with Crippen LogP contribution in [0.3, 0.4) is 0 Å². The van der Waals surface area contributed by atoms with E-state index in [9.17, 15) is 9.59 Å². The molecule has 2 unspecified atom stereocenters. The number of nitrogens with zero attached hydrogens (tertiary/aromatic N) is 2. The molecule has 2 aliphatic rings. The number of ether oxygens (including phenoxy) is 1. The monoisotopic (exact) mass is 310 g/mol. The van der Waals surface area contributed by atoms with Gasteiger partial charge in [-0.05, 0) is 46.1 Å². The third kappa shape index (κ3) is 4.45. The highest BCUT2D eigenvalue weighted by atomic mass is 16.5. The summed E-state index contributed by atoms with van der Waals surface area (Å²) in [7, 11) is 0. The molecule has 5 nitrogen and oxygen atoms in total. The minimum absolute atomic E-state index is 0.0758. The number of esters is 1. The quantitative estimate of drug-likeness (QED) is 0.746. The van der Waals surface area contributed by atoms with Crippen LogP contribution >= 0.6 is 0 Å². The number of likely N-dealkylation sites (tertiary alicyclic amines) is 2. The van der Waals surface area contributed by atoms with Crippen molar-refractivity contribution in [2.75, 3.05) is 32.8 Å². The Hall–Kier alpha value is -1.10. The second-order valence-electron chi connectivity index (χ2n) is 6.50. The molecule has 2 fully saturated rings. The Morgan fingerprint density at radius 3 is 2.41 bits per heavy atom. The molecule has 5 heteroatoms. The van der Waals surface area contributed by atoms with Crippen molar-refractivity contribution in [3.8, 4) is 0 Å². The average molecular weight is 310 g/mol. The fourth-order valence-corrected chi connectivity index (χ4v) is 3.52. The Morgan fingerprint density at radius 2 is 1.77 bits per heavy atom. The van der Waals surface area contributed by atoms with Gasteiger partial charge < -0.3 is 9.64 Å². The molecule has 2 atom stereocenters. The molecule has 0 aromatic rings. The van der Waals surface area contributed by atoms with Crippen molar-refractivity contribution >= 4 is 11.9 Å². The highest BCUT2D eigenvalue weighted by Crippen LogP contribution is 2.21. The van der Waals surface area contributed by atoms with E-state index in [4.69, 9.17) is 4.74 Å². The molecule has 126 valence electrons. The lowest BCUT2D eigenvalue weighted by Gasteiger charge is -2.37. The van der Waals surface area contributed by atoms with Crippen LogP contribution in [0, 0.1) is 5.92 Å². The Balaban J connectivity index is 1.91. The minimum atomic E-state index is -0.129. The summed E-state index contributed by atoms with van der Waals surface area (Å²) in [6.07, 6.45) is 6.52. The van der Waals surface area contributed by atoms with Gasteiger partial charge >= 0.3 is 5.97 Å². The van der Waals surface area contributed by atoms with Crippen LogP contribution in [0.2, 0.25) is 0 Å². The first kappa shape index (κ1) is 17.3. The van der Waals surface area contributed by atoms with Gasteiger partial charge in [-0.15, -0.1) is 0 Å². The van der Waals surface area contributed by atoms with Gasteiger partial charge in [0.25, 0.3) is 0 Å². The summed E-state index contributed by atoms with van der Waals surface area (Å²) in [5, 5.41) is 0. The van der Waals surface area contributed by atoms with Crippen molar-refractivity contribution in [1.29, 1.82) is 0 Å². The molecule has 22 heavy (non-hydrogen) atoms. The zero-order valence-electron chi connectivity index (χ0n) is 14.1. The maximum Gasteiger partial charge on any atom is 0.310 e. The summed E-state index contributed by atoms with van der Waals surface area (Å²) in [6, 6.07) is -0.129. The number of hydrogen-bond acceptors (Lipinski definition) is 4. The lowest BCUT2D eigenvalue weighted by molar-refractivity contribution is -0.151. The van der Waals surface area contributed by atoms with Crippen LogP contribution in [0.25, 0.3) is 0 Å². The second kappa shape index (κ2) is 8.51. The molecule has 1 amide bonds. The summed E-state index contributed by atoms with van der Waals surface area (Å²) in [6.45, 7) is 7.58. The predicted octanol–water partition coefficient (Wildman–Crippen LogP) is 2.05. The molecular weight excluding hydrogens is 280 g/mol. The van der Waals surface area contributed by atoms with Gasteiger partial charge in [-0.2, -0.15) is 0 Å². The topological polar surface area (TPSA) is 49.9 Å². The van der Waals surface area contributed by atoms with Crippen molar-refractivity contribution in [2.45, 2.75) is 58.4 Å². The summed E-state index contributed by atoms with van der Waals surface area (Å²) in [4.78, 5) is 28.8. The second-order valence-corrected chi connectivity index (χ2v) is 6.50. The van der Waals surface area contributed by atoms with E-state index in [1.165, 1.54) is 12.8 Å². The van der Waals surface area contributed by atoms with E-state index in [-0.39, 0.29) is 23.8 Å². The van der Waals surface area contributed by atoms with Crippen LogP contribution in [0.1, 0.15) is 52.4 Å². The SMILES string of the molecule is CCOC(=O)C1CCCN(C(C)C(=O)N2CCCCCC2)C1. The smallest absolute Gasteiger partial charge is 0.310 e. The van der Waals surface area contributed by atoms with Crippen molar-refractivity contribution in [3.05, 3.63) is 0 Å². The molecule has 2 aliphatic heterocycles. The van der Waals surface area contributed by atoms with Gasteiger partial charge in [0.1, 0.15) is 0 Å². The Labute approximate surface area is 134 Å². The van der Waals surface area contributed by atoms with Crippen LogP contribution in [0.15, 0.2) is 0 Å². The zero-order valence-corrected chi connectivity index (χ0v) is 14.1. The van der Waals surface area contributed by atoms with Gasteiger partial charge in [-0.3, -0.25) is 14.5 Å². The Morgan fingerprint density at radius 1 is 1.09 bits per heavy atom. The standard InChI is InChI=1S/C17H30N2O3/c1-3-22-17(21)15-9-8-12-19(13-15)14(2)16(20)18-10-6-4-5-7-11-18/h14-15H,3-13H2,1-2H3. The van der Waals surface area contributed by atoms with Gasteiger partial charge in [0, 0.05) is 19.6 Å². The number of carbonyl (C=O) groups is 2. The summed E-state index contributed by atoms with van der Waals surface area (Å²) >= 11 is 0. The van der Waals surface area contributed by atoms with Gasteiger partial charge in [-0.1, -0.05) is 12.8 Å². The summed E-state index contributed by atoms with van der Waals surface area (Å²) in [5.74, 6) is 0.0427. The molecule has 0 aliphatic carbocycles. The molecule has 2 heterocycles. The molecular formula is C17H30N2O3. The third-order valence-corrected chi connectivity index (χ3v) is 4.90. The molecule has 0 spiro atoms. The van der Waals surface area contributed by atoms with Crippen molar-refractivity contribution in [1.82, 2.24) is 9.80 Å². The fourth-order valence-electron chi connectivity index (χ4n) is 3.52. The van der Waals surface area contributed by atoms with Crippen LogP contribution in [-0.4, -0.2) is 60.5 Å². The Bertz CT molecular complexity index is 378. The number of hydrogen-bond donors (Lipinski definition) is 0. The Kier molecular flexibility index (Phi) is 6.68. The first-order valence-corrected chi connectivity index (χ1v) is 8.83. The minimum Gasteiger partial charge on any atom is -0.466 e. The lowest BCUT2D eigenvalue weighted by atomic mass is 9.96. The predicted molar refractivity (Wildman–Crippen MR) is 85.4 cm³/mol. The molecule has 0 radical (unpaired) electrons. The fraction of sp³-hybridized carbons (Fsp3) is 0.882. The molecule has 0 saturated carbocycles. The van der Waals surface area contributed by atoms with E-state index in [0.717, 1.165) is 45.3 Å². The van der Waals surface area contributed by atoms with Gasteiger partial charge in [0.2, 0.25) is 5.91 Å². The van der Waals surface area contributed by atoms with Gasteiger partial charge in [0.05, 0.1) is 18.6 Å². The van der Waals surface area contributed by atoms with E-state index in [0.29, 0.717) is 13.2 Å². The molecule has 0 aromatic carbocycles. The highest BCUT2D eigenvalue weighted by Gasteiger charge is 2.33. The molecule has 0 N–H and O–H groups in total. The highest BCUT2D eigenvalue weighted by molar-refractivity contribution is 5.81. The van der Waals surface area contributed by atoms with Crippen molar-refractivity contribution in [2.24, 2.45) is 5.92 Å². The molecule has 2 saturated heterocycles. The largest absolute Gasteiger partial charge is 0.466 e. The van der Waals surface area contributed by atoms with Crippen LogP contribution in [-0.2, 0) is 14.3 Å². The van der Waals surface area contributed by atoms with E-state index >= 15 is 0 Å². The van der Waals surface area contributed by atoms with Crippen molar-refractivity contribution < 1.29 is 14.3 Å². The summed E-state index contributed by atoms with van der Waals surface area (Å²) in [5.41, 5.74) is 0. The van der Waals surface area contributed by atoms with Crippen molar-refractivity contribution in [3.63, 3.8) is 0 Å². The van der Waals surface area contributed by atoms with E-state index in [1.54, 1.807) is 0 Å². The maximum absolute atomic E-state index is 12.7. The van der Waals surface area contributed by atoms with E-state index in [2.05, 4.69) is 4.90 Å². The zero-order chi connectivity index (χ0) is 15.9. The first-order chi connectivity index (χ1) is 10.6. The third-order valence-electron chi connectivity index (χ3n) is 4.90. The van der Waals surface area contributed by atoms with Gasteiger partial charge in [-0.25, -0.2) is 0 Å². The normalized spacial score (nSPS) is 25.4. The average Bonchev–Trinajstić information content (AvgIpc) is 2.83. The molecule has 0 aromatic heterocycles. The van der Waals surface area contributed by atoms with Crippen LogP contribution in [0.4, 0.5) is 0 Å². The van der Waals surface area contributed by atoms with E-state index < -0.39 is 0 Å². The first-order valence-electron chi connectivity index (χ1n) is 8.83. The molecule has 2 rings (SSSR count). The lowest BCUT2D eigenvalue weighted by Crippen LogP contribution is -2.51. The van der Waals surface area contributed by atoms with Gasteiger partial charge in [0.15, 0.2) is 0 Å².